The average molecular weight is 550 g/mol. The second kappa shape index (κ2) is 12.9. The predicted octanol–water partition coefficient (Wildman–Crippen LogP) is 4.43. The van der Waals surface area contributed by atoms with Gasteiger partial charge in [0.15, 0.2) is 5.96 Å². The molecule has 1 unspecified atom stereocenters. The number of nitrogens with one attached hydrogen (secondary N) is 1. The smallest absolute Gasteiger partial charge is 0.193 e. The number of benzene rings is 1. The standard InChI is InChI=1S/C23H36F2N4O.HI/c1-26-23(27-15-21(28(2)3)22-19(24)9-6-10-20(22)25)29-13-11-18(12-14-29)30-16-17-7-4-5-8-17;/h6,9-10,17-18,21H,4-5,7-8,11-16H2,1-3H3,(H,26,27);1H. The molecule has 31 heavy (non-hydrogen) atoms. The van der Waals surface area contributed by atoms with Crippen LogP contribution in [-0.4, -0.2) is 69.2 Å². The van der Waals surface area contributed by atoms with Crippen LogP contribution in [0.1, 0.15) is 50.1 Å². The summed E-state index contributed by atoms with van der Waals surface area (Å²) < 4.78 is 34.8. The minimum atomic E-state index is -0.522. The Balaban J connectivity index is 0.00000341. The maximum atomic E-state index is 14.3. The molecule has 1 aliphatic carbocycles. The number of hydrogen-bond acceptors (Lipinski definition) is 3. The summed E-state index contributed by atoms with van der Waals surface area (Å²) in [6, 6.07) is 3.57. The number of likely N-dealkylation sites (tertiary alicyclic amines) is 1. The second-order valence-corrected chi connectivity index (χ2v) is 8.71. The van der Waals surface area contributed by atoms with Crippen LogP contribution < -0.4 is 5.32 Å². The number of halogens is 3. The molecule has 0 aromatic heterocycles. The number of rotatable bonds is 7. The van der Waals surface area contributed by atoms with Gasteiger partial charge < -0.3 is 19.9 Å². The Bertz CT molecular complexity index is 685. The molecule has 5 nitrogen and oxygen atoms in total. The zero-order valence-electron chi connectivity index (χ0n) is 18.9. The quantitative estimate of drug-likeness (QED) is 0.310. The molecule has 0 amide bonds. The predicted molar refractivity (Wildman–Crippen MR) is 132 cm³/mol. The number of likely N-dealkylation sites (N-methyl/N-ethyl adjacent to an activating group) is 1. The highest BCUT2D eigenvalue weighted by Gasteiger charge is 2.26. The topological polar surface area (TPSA) is 40.1 Å². The first-order chi connectivity index (χ1) is 14.5. The number of guanidine groups is 1. The van der Waals surface area contributed by atoms with Crippen LogP contribution in [-0.2, 0) is 4.74 Å². The third kappa shape index (κ3) is 7.25. The SMILES string of the molecule is CN=C(NCC(c1c(F)cccc1F)N(C)C)N1CCC(OCC2CCCC2)CC1.I. The molecule has 0 bridgehead atoms. The van der Waals surface area contributed by atoms with Crippen LogP contribution in [0.5, 0.6) is 0 Å². The van der Waals surface area contributed by atoms with Crippen molar-refractivity contribution in [1.29, 1.82) is 0 Å². The van der Waals surface area contributed by atoms with Gasteiger partial charge in [0.25, 0.3) is 0 Å². The van der Waals surface area contributed by atoms with Crippen LogP contribution in [0.3, 0.4) is 0 Å². The second-order valence-electron chi connectivity index (χ2n) is 8.71. The van der Waals surface area contributed by atoms with E-state index in [1.165, 1.54) is 43.9 Å². The van der Waals surface area contributed by atoms with Crippen molar-refractivity contribution in [2.24, 2.45) is 10.9 Å². The summed E-state index contributed by atoms with van der Waals surface area (Å²) in [4.78, 5) is 8.43. The minimum absolute atomic E-state index is 0. The van der Waals surface area contributed by atoms with Crippen molar-refractivity contribution in [1.82, 2.24) is 15.1 Å². The van der Waals surface area contributed by atoms with Crippen molar-refractivity contribution in [3.63, 3.8) is 0 Å². The average Bonchev–Trinajstić information content (AvgIpc) is 3.25. The summed E-state index contributed by atoms with van der Waals surface area (Å²) in [6.07, 6.45) is 7.59. The van der Waals surface area contributed by atoms with E-state index in [1.807, 2.05) is 19.0 Å². The molecule has 2 fully saturated rings. The van der Waals surface area contributed by atoms with Gasteiger partial charge in [0.05, 0.1) is 12.1 Å². The fourth-order valence-corrected chi connectivity index (χ4v) is 4.58. The van der Waals surface area contributed by atoms with E-state index in [0.29, 0.717) is 12.6 Å². The molecule has 0 radical (unpaired) electrons. The molecule has 1 heterocycles. The van der Waals surface area contributed by atoms with Gasteiger partial charge in [0.2, 0.25) is 0 Å². The lowest BCUT2D eigenvalue weighted by Gasteiger charge is -2.35. The molecule has 2 aliphatic rings. The fourth-order valence-electron chi connectivity index (χ4n) is 4.58. The van der Waals surface area contributed by atoms with Gasteiger partial charge in [0, 0.05) is 38.9 Å². The minimum Gasteiger partial charge on any atom is -0.378 e. The van der Waals surface area contributed by atoms with Crippen LogP contribution in [0.15, 0.2) is 23.2 Å². The van der Waals surface area contributed by atoms with E-state index in [4.69, 9.17) is 4.74 Å². The lowest BCUT2D eigenvalue weighted by atomic mass is 10.0. The highest BCUT2D eigenvalue weighted by atomic mass is 127. The van der Waals surface area contributed by atoms with E-state index in [0.717, 1.165) is 44.4 Å². The van der Waals surface area contributed by atoms with Crippen molar-refractivity contribution in [2.45, 2.75) is 50.7 Å². The van der Waals surface area contributed by atoms with Crippen LogP contribution in [0.25, 0.3) is 0 Å². The summed E-state index contributed by atoms with van der Waals surface area (Å²) in [5.74, 6) is 0.475. The Morgan fingerprint density at radius 2 is 1.77 bits per heavy atom. The Kier molecular flexibility index (Phi) is 10.9. The van der Waals surface area contributed by atoms with E-state index < -0.39 is 17.7 Å². The normalized spacial score (nSPS) is 19.5. The zero-order valence-corrected chi connectivity index (χ0v) is 21.3. The van der Waals surface area contributed by atoms with Crippen LogP contribution >= 0.6 is 24.0 Å². The third-order valence-corrected chi connectivity index (χ3v) is 6.41. The third-order valence-electron chi connectivity index (χ3n) is 6.41. The van der Waals surface area contributed by atoms with E-state index in [1.54, 1.807) is 7.05 Å². The van der Waals surface area contributed by atoms with Crippen LogP contribution in [0, 0.1) is 17.6 Å². The van der Waals surface area contributed by atoms with Gasteiger partial charge in [-0.3, -0.25) is 4.99 Å². The molecular weight excluding hydrogens is 513 g/mol. The van der Waals surface area contributed by atoms with E-state index >= 15 is 0 Å². The van der Waals surface area contributed by atoms with Gasteiger partial charge in [-0.05, 0) is 57.8 Å². The lowest BCUT2D eigenvalue weighted by molar-refractivity contribution is 0.000982. The molecule has 1 aliphatic heterocycles. The summed E-state index contributed by atoms with van der Waals surface area (Å²) in [6.45, 7) is 3.01. The van der Waals surface area contributed by atoms with Crippen molar-refractivity contribution < 1.29 is 13.5 Å². The highest BCUT2D eigenvalue weighted by Crippen LogP contribution is 2.26. The summed E-state index contributed by atoms with van der Waals surface area (Å²) in [7, 11) is 5.40. The molecule has 1 N–H and O–H groups in total. The first-order valence-electron chi connectivity index (χ1n) is 11.2. The van der Waals surface area contributed by atoms with Gasteiger partial charge in [-0.2, -0.15) is 0 Å². The molecule has 0 spiro atoms. The van der Waals surface area contributed by atoms with Gasteiger partial charge in [-0.1, -0.05) is 18.9 Å². The van der Waals surface area contributed by atoms with E-state index in [9.17, 15) is 8.78 Å². The number of aliphatic imine (C=N–C) groups is 1. The molecular formula is C23H37F2IN4O. The Labute approximate surface area is 202 Å². The van der Waals surface area contributed by atoms with Crippen molar-refractivity contribution in [2.75, 3.05) is 47.4 Å². The number of piperidine rings is 1. The van der Waals surface area contributed by atoms with E-state index in [-0.39, 0.29) is 29.5 Å². The maximum absolute atomic E-state index is 14.3. The van der Waals surface area contributed by atoms with Gasteiger partial charge in [-0.25, -0.2) is 8.78 Å². The Hall–Kier alpha value is -1.00. The molecule has 1 saturated heterocycles. The molecule has 1 aromatic carbocycles. The fraction of sp³-hybridized carbons (Fsp3) is 0.696. The maximum Gasteiger partial charge on any atom is 0.193 e. The molecule has 8 heteroatoms. The molecule has 1 atom stereocenters. The van der Waals surface area contributed by atoms with Crippen molar-refractivity contribution >= 4 is 29.9 Å². The highest BCUT2D eigenvalue weighted by molar-refractivity contribution is 14.0. The lowest BCUT2D eigenvalue weighted by Crippen LogP contribution is -2.48. The Morgan fingerprint density at radius 3 is 2.32 bits per heavy atom. The summed E-state index contributed by atoms with van der Waals surface area (Å²) >= 11 is 0. The molecule has 1 saturated carbocycles. The summed E-state index contributed by atoms with van der Waals surface area (Å²) in [5, 5.41) is 3.33. The van der Waals surface area contributed by atoms with Crippen molar-refractivity contribution in [3.05, 3.63) is 35.4 Å². The summed E-state index contributed by atoms with van der Waals surface area (Å²) in [5.41, 5.74) is 0.0875. The molecule has 3 rings (SSSR count). The zero-order chi connectivity index (χ0) is 21.5. The first-order valence-corrected chi connectivity index (χ1v) is 11.2. The van der Waals surface area contributed by atoms with Gasteiger partial charge >= 0.3 is 0 Å². The Morgan fingerprint density at radius 1 is 1.16 bits per heavy atom. The number of ether oxygens (including phenoxy) is 1. The van der Waals surface area contributed by atoms with Gasteiger partial charge in [0.1, 0.15) is 11.6 Å². The molecule has 1 aromatic rings. The number of hydrogen-bond donors (Lipinski definition) is 1. The largest absolute Gasteiger partial charge is 0.378 e. The van der Waals surface area contributed by atoms with Crippen LogP contribution in [0.2, 0.25) is 0 Å². The molecule has 176 valence electrons. The number of nitrogens with zero attached hydrogens (tertiary/aromatic N) is 3. The monoisotopic (exact) mass is 550 g/mol. The first kappa shape index (κ1) is 26.3. The van der Waals surface area contributed by atoms with Crippen LogP contribution in [0.4, 0.5) is 8.78 Å². The van der Waals surface area contributed by atoms with Crippen molar-refractivity contribution in [3.8, 4) is 0 Å². The van der Waals surface area contributed by atoms with Gasteiger partial charge in [-0.15, -0.1) is 24.0 Å². The van der Waals surface area contributed by atoms with E-state index in [2.05, 4.69) is 15.2 Å².